The van der Waals surface area contributed by atoms with E-state index in [1.54, 1.807) is 6.07 Å². The fraction of sp³-hybridized carbons (Fsp3) is 0.333. The van der Waals surface area contributed by atoms with Crippen LogP contribution in [0.4, 0.5) is 0 Å². The van der Waals surface area contributed by atoms with Crippen molar-refractivity contribution in [3.8, 4) is 22.6 Å². The average Bonchev–Trinajstić information content (AvgIpc) is 3.46. The fourth-order valence-electron chi connectivity index (χ4n) is 2.74. The number of hydrogen-bond acceptors (Lipinski definition) is 4. The van der Waals surface area contributed by atoms with Gasteiger partial charge in [-0.05, 0) is 52.2 Å². The third-order valence-electron chi connectivity index (χ3n) is 4.12. The molecule has 1 heterocycles. The molecule has 25 heavy (non-hydrogen) atoms. The summed E-state index contributed by atoms with van der Waals surface area (Å²) in [6.07, 6.45) is 2.53. The second-order valence-corrected chi connectivity index (χ2v) is 6.83. The van der Waals surface area contributed by atoms with Gasteiger partial charge in [0.05, 0.1) is 5.02 Å². The molecule has 1 fully saturated rings. The Kier molecular flexibility index (Phi) is 7.02. The van der Waals surface area contributed by atoms with Crippen LogP contribution in [0, 0.1) is 0 Å². The van der Waals surface area contributed by atoms with E-state index >= 15 is 0 Å². The van der Waals surface area contributed by atoms with Gasteiger partial charge in [0.2, 0.25) is 0 Å². The van der Waals surface area contributed by atoms with E-state index in [1.165, 1.54) is 12.8 Å². The van der Waals surface area contributed by atoms with Gasteiger partial charge < -0.3 is 14.8 Å². The summed E-state index contributed by atoms with van der Waals surface area (Å²) >= 11 is 14.2. The van der Waals surface area contributed by atoms with Gasteiger partial charge in [0.25, 0.3) is 0 Å². The Morgan fingerprint density at radius 3 is 2.64 bits per heavy atom. The van der Waals surface area contributed by atoms with Crippen molar-refractivity contribution in [1.29, 1.82) is 0 Å². The maximum Gasteiger partial charge on any atom is 0.169 e. The number of hydrogen-bond donors (Lipinski definition) is 2. The molecule has 0 bridgehead atoms. The van der Waals surface area contributed by atoms with E-state index in [2.05, 4.69) is 15.1 Å². The van der Waals surface area contributed by atoms with Crippen LogP contribution in [0.25, 0.3) is 11.1 Å². The molecule has 3 nitrogen and oxygen atoms in total. The fourth-order valence-corrected chi connectivity index (χ4v) is 3.25. The summed E-state index contributed by atoms with van der Waals surface area (Å²) in [4.78, 5) is 0. The molecule has 1 atom stereocenters. The lowest BCUT2D eigenvalue weighted by Gasteiger charge is -2.28. The van der Waals surface area contributed by atoms with Crippen molar-refractivity contribution in [2.24, 2.45) is 0 Å². The molecule has 134 valence electrons. The zero-order valence-electron chi connectivity index (χ0n) is 13.3. The van der Waals surface area contributed by atoms with E-state index in [9.17, 15) is 0 Å². The van der Waals surface area contributed by atoms with Gasteiger partial charge in [-0.25, -0.2) is 0 Å². The van der Waals surface area contributed by atoms with Crippen molar-refractivity contribution in [2.45, 2.75) is 25.0 Å². The summed E-state index contributed by atoms with van der Waals surface area (Å²) in [5, 5.41) is 4.71. The van der Waals surface area contributed by atoms with Crippen LogP contribution in [0.2, 0.25) is 10.0 Å². The molecule has 1 N–H and O–H groups in total. The van der Waals surface area contributed by atoms with E-state index in [0.717, 1.165) is 29.2 Å². The molecule has 0 amide bonds. The Morgan fingerprint density at radius 1 is 1.12 bits per heavy atom. The molecule has 2 aliphatic rings. The molecular weight excluding hydrogens is 492 g/mol. The molecule has 0 aromatic heterocycles. The molecular formula is C18H18Cl2INO2S. The number of fused-ring (bicyclic) bond motifs is 1. The van der Waals surface area contributed by atoms with Gasteiger partial charge in [0, 0.05) is 28.7 Å². The molecule has 2 aromatic carbocycles. The van der Waals surface area contributed by atoms with E-state index in [4.69, 9.17) is 32.7 Å². The van der Waals surface area contributed by atoms with Crippen LogP contribution in [0.15, 0.2) is 36.4 Å². The van der Waals surface area contributed by atoms with Crippen molar-refractivity contribution < 1.29 is 9.47 Å². The lowest BCUT2D eigenvalue weighted by atomic mass is 10.0. The molecule has 1 unspecified atom stereocenters. The van der Waals surface area contributed by atoms with Crippen LogP contribution in [-0.4, -0.2) is 25.3 Å². The quantitative estimate of drug-likeness (QED) is 0.402. The topological polar surface area (TPSA) is 30.5 Å². The SMILES string of the molecule is Clc1ccc(-c2cccc3c2OC(CNC2CC2)CO3)c(Cl)c1.SI. The van der Waals surface area contributed by atoms with Gasteiger partial charge in [-0.15, -0.1) is 9.80 Å². The first-order valence-corrected chi connectivity index (χ1v) is 12.0. The number of rotatable bonds is 4. The molecule has 2 aromatic rings. The van der Waals surface area contributed by atoms with Crippen molar-refractivity contribution in [3.63, 3.8) is 0 Å². The van der Waals surface area contributed by atoms with Gasteiger partial charge in [-0.1, -0.05) is 41.4 Å². The molecule has 1 aliphatic heterocycles. The molecule has 4 rings (SSSR count). The average molecular weight is 510 g/mol. The number of nitrogens with one attached hydrogen (secondary N) is 1. The van der Waals surface area contributed by atoms with Crippen LogP contribution in [0.1, 0.15) is 12.8 Å². The predicted molar refractivity (Wildman–Crippen MR) is 116 cm³/mol. The molecule has 1 aliphatic carbocycles. The smallest absolute Gasteiger partial charge is 0.169 e. The second-order valence-electron chi connectivity index (χ2n) is 5.99. The number of thiol groups is 1. The van der Waals surface area contributed by atoms with Crippen LogP contribution in [0.3, 0.4) is 0 Å². The first-order chi connectivity index (χ1) is 12.2. The standard InChI is InChI=1S/C18H17Cl2NO2.HIS/c19-11-4-7-14(16(20)8-11)15-2-1-3-17-18(15)23-13(10-22-17)9-21-12-5-6-12;1-2/h1-4,7-8,12-13,21H,5-6,9-10H2;2H. The van der Waals surface area contributed by atoms with Gasteiger partial charge in [-0.2, -0.15) is 0 Å². The van der Waals surface area contributed by atoms with Crippen molar-refractivity contribution in [3.05, 3.63) is 46.4 Å². The molecule has 1 saturated carbocycles. The third-order valence-corrected chi connectivity index (χ3v) is 4.67. The highest BCUT2D eigenvalue weighted by atomic mass is 127. The number of halogens is 3. The van der Waals surface area contributed by atoms with Crippen LogP contribution < -0.4 is 14.8 Å². The van der Waals surface area contributed by atoms with E-state index in [0.29, 0.717) is 22.7 Å². The van der Waals surface area contributed by atoms with Gasteiger partial charge in [0.1, 0.15) is 12.7 Å². The number of benzene rings is 2. The lowest BCUT2D eigenvalue weighted by molar-refractivity contribution is 0.0909. The summed E-state index contributed by atoms with van der Waals surface area (Å²) in [6, 6.07) is 12.0. The minimum Gasteiger partial charge on any atom is -0.486 e. The Bertz CT molecular complexity index is 743. The largest absolute Gasteiger partial charge is 0.486 e. The summed E-state index contributed by atoms with van der Waals surface area (Å²) in [7, 11) is 3.50. The highest BCUT2D eigenvalue weighted by molar-refractivity contribution is 14.2. The molecule has 0 spiro atoms. The van der Waals surface area contributed by atoms with Crippen LogP contribution >= 0.6 is 54.2 Å². The van der Waals surface area contributed by atoms with E-state index < -0.39 is 0 Å². The highest BCUT2D eigenvalue weighted by Gasteiger charge is 2.27. The number of para-hydroxylation sites is 1. The van der Waals surface area contributed by atoms with Crippen molar-refractivity contribution in [2.75, 3.05) is 13.2 Å². The second kappa shape index (κ2) is 9.04. The van der Waals surface area contributed by atoms with Crippen molar-refractivity contribution >= 4 is 54.2 Å². The van der Waals surface area contributed by atoms with Gasteiger partial charge >= 0.3 is 0 Å². The van der Waals surface area contributed by atoms with Gasteiger partial charge in [0.15, 0.2) is 11.5 Å². The minimum atomic E-state index is 0.00956. The predicted octanol–water partition coefficient (Wildman–Crippen LogP) is 5.82. The molecule has 0 saturated heterocycles. The molecule has 0 radical (unpaired) electrons. The van der Waals surface area contributed by atoms with Gasteiger partial charge in [-0.3, -0.25) is 0 Å². The maximum absolute atomic E-state index is 6.36. The Labute approximate surface area is 175 Å². The summed E-state index contributed by atoms with van der Waals surface area (Å²) in [5.74, 6) is 1.52. The first-order valence-electron chi connectivity index (χ1n) is 7.99. The number of ether oxygens (including phenoxy) is 2. The van der Waals surface area contributed by atoms with Crippen molar-refractivity contribution in [1.82, 2.24) is 5.32 Å². The zero-order valence-corrected chi connectivity index (χ0v) is 17.9. The Balaban J connectivity index is 0.000000880. The summed E-state index contributed by atoms with van der Waals surface area (Å²) in [5.41, 5.74) is 1.83. The highest BCUT2D eigenvalue weighted by Crippen LogP contribution is 2.43. The third kappa shape index (κ3) is 4.89. The lowest BCUT2D eigenvalue weighted by Crippen LogP contribution is -2.39. The Hall–Kier alpha value is -0.340. The summed E-state index contributed by atoms with van der Waals surface area (Å²) < 4.78 is 12.1. The Morgan fingerprint density at radius 2 is 1.92 bits per heavy atom. The van der Waals surface area contributed by atoms with Crippen LogP contribution in [0.5, 0.6) is 11.5 Å². The maximum atomic E-state index is 6.36. The summed E-state index contributed by atoms with van der Waals surface area (Å²) in [6.45, 7) is 1.36. The van der Waals surface area contributed by atoms with E-state index in [1.807, 2.05) is 51.5 Å². The molecule has 7 heteroatoms. The minimum absolute atomic E-state index is 0.00956. The van der Waals surface area contributed by atoms with E-state index in [-0.39, 0.29) is 6.10 Å². The normalized spacial score (nSPS) is 18.3. The monoisotopic (exact) mass is 509 g/mol. The first kappa shape index (κ1) is 19.4. The zero-order chi connectivity index (χ0) is 17.8. The van der Waals surface area contributed by atoms with Crippen LogP contribution in [-0.2, 0) is 0 Å².